The van der Waals surface area contributed by atoms with E-state index >= 15 is 0 Å². The van der Waals surface area contributed by atoms with Crippen molar-refractivity contribution in [2.45, 2.75) is 32.4 Å². The molecule has 0 radical (unpaired) electrons. The second-order valence-corrected chi connectivity index (χ2v) is 9.88. The van der Waals surface area contributed by atoms with Crippen LogP contribution < -0.4 is 15.6 Å². The minimum absolute atomic E-state index is 0.167. The first kappa shape index (κ1) is 24.6. The molecule has 1 fully saturated rings. The van der Waals surface area contributed by atoms with Gasteiger partial charge in [-0.25, -0.2) is 9.37 Å². The summed E-state index contributed by atoms with van der Waals surface area (Å²) in [5, 5.41) is 3.68. The number of piperazine rings is 1. The first-order chi connectivity index (χ1) is 16.6. The Morgan fingerprint density at radius 1 is 1.20 bits per heavy atom. The number of ether oxygens (including phenoxy) is 1. The van der Waals surface area contributed by atoms with Crippen LogP contribution in [-0.2, 0) is 4.79 Å². The fourth-order valence-electron chi connectivity index (χ4n) is 3.96. The van der Waals surface area contributed by atoms with Gasteiger partial charge in [0.15, 0.2) is 5.13 Å². The van der Waals surface area contributed by atoms with Crippen molar-refractivity contribution in [3.05, 3.63) is 70.5 Å². The van der Waals surface area contributed by atoms with E-state index in [1.807, 2.05) is 25.7 Å². The van der Waals surface area contributed by atoms with E-state index in [0.29, 0.717) is 41.1 Å². The number of H-pyrrole nitrogens is 1. The van der Waals surface area contributed by atoms with Gasteiger partial charge in [0.2, 0.25) is 16.5 Å². The summed E-state index contributed by atoms with van der Waals surface area (Å²) in [6, 6.07) is 8.02. The molecule has 4 rings (SSSR count). The van der Waals surface area contributed by atoms with Crippen LogP contribution in [0.1, 0.15) is 31.1 Å². The van der Waals surface area contributed by atoms with Crippen LogP contribution in [0.5, 0.6) is 10.8 Å². The Hall–Kier alpha value is -3.57. The summed E-state index contributed by atoms with van der Waals surface area (Å²) < 4.78 is 18.7. The van der Waals surface area contributed by atoms with Gasteiger partial charge in [-0.05, 0) is 51.1 Å². The molecule has 1 aliphatic rings. The number of nitrogens with one attached hydrogen (secondary N) is 2. The number of hydrogen-bond acceptors (Lipinski definition) is 7. The van der Waals surface area contributed by atoms with Gasteiger partial charge in [0.25, 0.3) is 5.91 Å². The maximum Gasteiger partial charge on any atom is 0.255 e. The highest BCUT2D eigenvalue weighted by Gasteiger charge is 2.39. The number of hydrogen-bond donors (Lipinski definition) is 2. The van der Waals surface area contributed by atoms with Gasteiger partial charge in [0.05, 0.1) is 23.3 Å². The van der Waals surface area contributed by atoms with Crippen LogP contribution in [-0.4, -0.2) is 62.8 Å². The highest BCUT2D eigenvalue weighted by atomic mass is 32.1. The number of aromatic amines is 1. The molecular formula is C24H26FN5O4S. The molecule has 11 heteroatoms. The number of nitrogens with zero attached hydrogens (tertiary/aromatic N) is 3. The van der Waals surface area contributed by atoms with Crippen LogP contribution in [0.4, 0.5) is 9.52 Å². The molecule has 1 unspecified atom stereocenters. The maximum absolute atomic E-state index is 13.1. The molecule has 0 aliphatic carbocycles. The van der Waals surface area contributed by atoms with Crippen molar-refractivity contribution < 1.29 is 18.7 Å². The lowest BCUT2D eigenvalue weighted by molar-refractivity contribution is -0.122. The van der Waals surface area contributed by atoms with Gasteiger partial charge in [0.1, 0.15) is 11.6 Å². The zero-order valence-corrected chi connectivity index (χ0v) is 20.4. The normalized spacial score (nSPS) is 16.5. The Balaban J connectivity index is 1.35. The number of rotatable bonds is 6. The molecule has 1 aromatic carbocycles. The molecule has 0 saturated carbocycles. The SMILES string of the molecule is CC(C(=O)Nc1ncc(Oc2ccc(F)cc2)s1)N1CCN(C(=O)c2ccc(=O)[nH]c2)C(C)(C)C1. The molecule has 2 N–H and O–H groups in total. The molecule has 1 saturated heterocycles. The first-order valence-corrected chi connectivity index (χ1v) is 11.9. The maximum atomic E-state index is 13.1. The molecular weight excluding hydrogens is 473 g/mol. The number of carbonyl (C=O) groups excluding carboxylic acids is 2. The summed E-state index contributed by atoms with van der Waals surface area (Å²) in [5.74, 6) is -0.269. The topological polar surface area (TPSA) is 108 Å². The van der Waals surface area contributed by atoms with Crippen LogP contribution >= 0.6 is 11.3 Å². The fraction of sp³-hybridized carbons (Fsp3) is 0.333. The highest BCUT2D eigenvalue weighted by molar-refractivity contribution is 7.17. The van der Waals surface area contributed by atoms with E-state index in [1.54, 1.807) is 4.90 Å². The zero-order chi connectivity index (χ0) is 25.2. The van der Waals surface area contributed by atoms with Gasteiger partial charge < -0.3 is 19.9 Å². The molecule has 1 aliphatic heterocycles. The van der Waals surface area contributed by atoms with Crippen molar-refractivity contribution in [3.63, 3.8) is 0 Å². The van der Waals surface area contributed by atoms with Crippen molar-refractivity contribution in [2.75, 3.05) is 25.0 Å². The summed E-state index contributed by atoms with van der Waals surface area (Å²) in [6.07, 6.45) is 2.92. The van der Waals surface area contributed by atoms with Gasteiger partial charge in [-0.15, -0.1) is 0 Å². The molecule has 3 heterocycles. The van der Waals surface area contributed by atoms with E-state index in [2.05, 4.69) is 15.3 Å². The van der Waals surface area contributed by atoms with E-state index in [4.69, 9.17) is 4.74 Å². The van der Waals surface area contributed by atoms with Crippen molar-refractivity contribution in [1.82, 2.24) is 19.8 Å². The summed E-state index contributed by atoms with van der Waals surface area (Å²) in [7, 11) is 0. The molecule has 0 spiro atoms. The second-order valence-electron chi connectivity index (χ2n) is 8.89. The lowest BCUT2D eigenvalue weighted by Gasteiger charge is -2.48. The number of halogens is 1. The van der Waals surface area contributed by atoms with Crippen LogP contribution in [0.25, 0.3) is 0 Å². The van der Waals surface area contributed by atoms with Crippen LogP contribution in [0, 0.1) is 5.82 Å². The van der Waals surface area contributed by atoms with E-state index in [-0.39, 0.29) is 23.2 Å². The third-order valence-corrected chi connectivity index (χ3v) is 6.67. The summed E-state index contributed by atoms with van der Waals surface area (Å²) in [6.45, 7) is 7.17. The molecule has 9 nitrogen and oxygen atoms in total. The van der Waals surface area contributed by atoms with Crippen molar-refractivity contribution >= 4 is 28.3 Å². The molecule has 1 atom stereocenters. The summed E-state index contributed by atoms with van der Waals surface area (Å²) in [5.41, 5.74) is -0.378. The number of aromatic nitrogens is 2. The summed E-state index contributed by atoms with van der Waals surface area (Å²) in [4.78, 5) is 47.7. The highest BCUT2D eigenvalue weighted by Crippen LogP contribution is 2.31. The van der Waals surface area contributed by atoms with E-state index < -0.39 is 11.6 Å². The van der Waals surface area contributed by atoms with Crippen molar-refractivity contribution in [2.24, 2.45) is 0 Å². The number of anilines is 1. The fourth-order valence-corrected chi connectivity index (χ4v) is 4.65. The quantitative estimate of drug-likeness (QED) is 0.539. The largest absolute Gasteiger partial charge is 0.445 e. The number of benzene rings is 1. The van der Waals surface area contributed by atoms with Gasteiger partial charge in [0, 0.05) is 31.9 Å². The van der Waals surface area contributed by atoms with Gasteiger partial charge in [-0.2, -0.15) is 0 Å². The smallest absolute Gasteiger partial charge is 0.255 e. The van der Waals surface area contributed by atoms with E-state index in [1.165, 1.54) is 60.1 Å². The molecule has 2 amide bonds. The molecule has 35 heavy (non-hydrogen) atoms. The third-order valence-electron chi connectivity index (χ3n) is 5.88. The Morgan fingerprint density at radius 2 is 1.94 bits per heavy atom. The van der Waals surface area contributed by atoms with E-state index in [9.17, 15) is 18.8 Å². The standard InChI is InChI=1S/C24H26FN5O4S/c1-15(21(32)28-23-27-13-20(35-23)34-18-7-5-17(25)6-8-18)29-10-11-30(24(2,3)14-29)22(33)16-4-9-19(31)26-12-16/h4-9,12-13,15H,10-11,14H2,1-3H3,(H,26,31)(H,27,28,32). The third kappa shape index (κ3) is 5.75. The van der Waals surface area contributed by atoms with Gasteiger partial charge in [-0.3, -0.25) is 19.3 Å². The Bertz CT molecular complexity index is 1250. The lowest BCUT2D eigenvalue weighted by atomic mass is 9.96. The number of carbonyl (C=O) groups is 2. The number of pyridine rings is 1. The Kier molecular flexibility index (Phi) is 6.99. The minimum atomic E-state index is -0.530. The minimum Gasteiger partial charge on any atom is -0.445 e. The predicted molar refractivity (Wildman–Crippen MR) is 130 cm³/mol. The average molecular weight is 500 g/mol. The van der Waals surface area contributed by atoms with Crippen LogP contribution in [0.2, 0.25) is 0 Å². The Morgan fingerprint density at radius 3 is 2.60 bits per heavy atom. The summed E-state index contributed by atoms with van der Waals surface area (Å²) >= 11 is 1.17. The monoisotopic (exact) mass is 499 g/mol. The van der Waals surface area contributed by atoms with Crippen molar-refractivity contribution in [1.29, 1.82) is 0 Å². The van der Waals surface area contributed by atoms with Crippen molar-refractivity contribution in [3.8, 4) is 10.8 Å². The zero-order valence-electron chi connectivity index (χ0n) is 19.6. The van der Waals surface area contributed by atoms with Crippen LogP contribution in [0.3, 0.4) is 0 Å². The molecule has 3 aromatic rings. The number of amides is 2. The predicted octanol–water partition coefficient (Wildman–Crippen LogP) is 3.33. The molecule has 184 valence electrons. The second kappa shape index (κ2) is 9.96. The molecule has 0 bridgehead atoms. The van der Waals surface area contributed by atoms with Crippen LogP contribution in [0.15, 0.2) is 53.6 Å². The average Bonchev–Trinajstić information content (AvgIpc) is 3.26. The molecule has 2 aromatic heterocycles. The lowest BCUT2D eigenvalue weighted by Crippen LogP contribution is -2.63. The number of thiazole rings is 1. The first-order valence-electron chi connectivity index (χ1n) is 11.1. The van der Waals surface area contributed by atoms with Gasteiger partial charge in [-0.1, -0.05) is 11.3 Å². The Labute approximate surface area is 205 Å². The van der Waals surface area contributed by atoms with Gasteiger partial charge >= 0.3 is 0 Å². The van der Waals surface area contributed by atoms with E-state index in [0.717, 1.165) is 0 Å².